The van der Waals surface area contributed by atoms with Crippen molar-refractivity contribution < 1.29 is 0 Å². The van der Waals surface area contributed by atoms with E-state index in [-0.39, 0.29) is 0 Å². The number of aromatic nitrogens is 2. The molecule has 0 spiro atoms. The molecule has 0 atom stereocenters. The van der Waals surface area contributed by atoms with Gasteiger partial charge in [0.05, 0.1) is 0 Å². The zero-order chi connectivity index (χ0) is 9.26. The number of rotatable bonds is 1. The van der Waals surface area contributed by atoms with Crippen LogP contribution in [-0.4, -0.2) is 9.97 Å². The van der Waals surface area contributed by atoms with Gasteiger partial charge >= 0.3 is 0 Å². The van der Waals surface area contributed by atoms with E-state index in [0.29, 0.717) is 5.82 Å². The molecule has 0 fully saturated rings. The molecule has 3 nitrogen and oxygen atoms in total. The fourth-order valence-electron chi connectivity index (χ4n) is 1.36. The molecule has 0 unspecified atom stereocenters. The molecule has 3 heteroatoms. The fourth-order valence-corrected chi connectivity index (χ4v) is 1.36. The van der Waals surface area contributed by atoms with E-state index in [1.165, 1.54) is 0 Å². The topological polar surface area (TPSA) is 54.7 Å². The summed E-state index contributed by atoms with van der Waals surface area (Å²) in [7, 11) is 0. The third-order valence-electron chi connectivity index (χ3n) is 2.00. The van der Waals surface area contributed by atoms with Crippen molar-refractivity contribution in [2.24, 2.45) is 0 Å². The highest BCUT2D eigenvalue weighted by Gasteiger charge is 2.02. The number of aromatic amines is 1. The summed E-state index contributed by atoms with van der Waals surface area (Å²) in [5, 5.41) is 0. The molecule has 0 amide bonds. The summed E-state index contributed by atoms with van der Waals surface area (Å²) in [6.07, 6.45) is 1.89. The Kier molecular flexibility index (Phi) is 1.77. The van der Waals surface area contributed by atoms with E-state index in [4.69, 9.17) is 5.73 Å². The Morgan fingerprint density at radius 1 is 1.31 bits per heavy atom. The van der Waals surface area contributed by atoms with Gasteiger partial charge in [-0.05, 0) is 31.2 Å². The first-order valence-corrected chi connectivity index (χ1v) is 4.14. The summed E-state index contributed by atoms with van der Waals surface area (Å²) in [6.45, 7) is 1.95. The lowest BCUT2D eigenvalue weighted by Gasteiger charge is -2.02. The minimum Gasteiger partial charge on any atom is -0.384 e. The van der Waals surface area contributed by atoms with Crippen molar-refractivity contribution >= 4 is 5.82 Å². The second kappa shape index (κ2) is 2.94. The number of nitrogen functional groups attached to an aromatic ring is 1. The van der Waals surface area contributed by atoms with Gasteiger partial charge in [0.1, 0.15) is 5.82 Å². The Balaban J connectivity index is 2.53. The maximum atomic E-state index is 5.56. The summed E-state index contributed by atoms with van der Waals surface area (Å²) < 4.78 is 0. The largest absolute Gasteiger partial charge is 0.384 e. The molecule has 0 bridgehead atoms. The molecule has 0 aliphatic rings. The number of nitrogens with one attached hydrogen (secondary N) is 1. The first-order chi connectivity index (χ1) is 6.27. The van der Waals surface area contributed by atoms with E-state index in [2.05, 4.69) is 9.97 Å². The summed E-state index contributed by atoms with van der Waals surface area (Å²) in [5.74, 6) is 0.563. The Morgan fingerprint density at radius 2 is 2.15 bits per heavy atom. The van der Waals surface area contributed by atoms with Crippen molar-refractivity contribution in [2.75, 3.05) is 5.73 Å². The highest BCUT2D eigenvalue weighted by atomic mass is 14.8. The number of nitrogens with zero attached hydrogens (tertiary/aromatic N) is 1. The van der Waals surface area contributed by atoms with Crippen LogP contribution in [0.15, 0.2) is 30.5 Å². The van der Waals surface area contributed by atoms with E-state index < -0.39 is 0 Å². The number of H-pyrrole nitrogens is 1. The van der Waals surface area contributed by atoms with Crippen molar-refractivity contribution in [3.8, 4) is 11.3 Å². The average molecular weight is 173 g/mol. The summed E-state index contributed by atoms with van der Waals surface area (Å²) in [5.41, 5.74) is 8.68. The van der Waals surface area contributed by atoms with Gasteiger partial charge in [0, 0.05) is 23.1 Å². The Labute approximate surface area is 76.6 Å². The van der Waals surface area contributed by atoms with E-state index in [0.717, 1.165) is 17.0 Å². The van der Waals surface area contributed by atoms with Crippen LogP contribution in [0.2, 0.25) is 0 Å². The van der Waals surface area contributed by atoms with Crippen LogP contribution in [0.1, 0.15) is 5.69 Å². The summed E-state index contributed by atoms with van der Waals surface area (Å²) >= 11 is 0. The first-order valence-electron chi connectivity index (χ1n) is 4.14. The number of aryl methyl sites for hydroxylation is 1. The fraction of sp³-hybridized carbons (Fsp3) is 0.100. The van der Waals surface area contributed by atoms with Crippen LogP contribution in [0.5, 0.6) is 0 Å². The van der Waals surface area contributed by atoms with Gasteiger partial charge in [0.15, 0.2) is 0 Å². The lowest BCUT2D eigenvalue weighted by atomic mass is 10.1. The van der Waals surface area contributed by atoms with Gasteiger partial charge in [0.25, 0.3) is 0 Å². The quantitative estimate of drug-likeness (QED) is 0.692. The third-order valence-corrected chi connectivity index (χ3v) is 2.00. The van der Waals surface area contributed by atoms with Crippen LogP contribution in [0, 0.1) is 6.92 Å². The predicted octanol–water partition coefficient (Wildman–Crippen LogP) is 1.97. The summed E-state index contributed by atoms with van der Waals surface area (Å²) in [4.78, 5) is 7.32. The maximum absolute atomic E-state index is 5.56. The molecule has 2 heterocycles. The molecule has 0 aromatic carbocycles. The van der Waals surface area contributed by atoms with Gasteiger partial charge in [-0.3, -0.25) is 0 Å². The van der Waals surface area contributed by atoms with Gasteiger partial charge < -0.3 is 10.7 Å². The molecule has 0 radical (unpaired) electrons. The minimum atomic E-state index is 0.563. The molecule has 13 heavy (non-hydrogen) atoms. The van der Waals surface area contributed by atoms with Crippen LogP contribution in [0.4, 0.5) is 5.82 Å². The van der Waals surface area contributed by atoms with Crippen LogP contribution in [0.25, 0.3) is 11.3 Å². The molecule has 2 aromatic heterocycles. The number of hydrogen-bond acceptors (Lipinski definition) is 2. The van der Waals surface area contributed by atoms with Gasteiger partial charge in [-0.25, -0.2) is 4.98 Å². The second-order valence-electron chi connectivity index (χ2n) is 2.95. The smallest absolute Gasteiger partial charge is 0.123 e. The zero-order valence-electron chi connectivity index (χ0n) is 7.41. The highest BCUT2D eigenvalue weighted by molar-refractivity contribution is 5.63. The molecule has 0 aliphatic heterocycles. The highest BCUT2D eigenvalue weighted by Crippen LogP contribution is 2.20. The average Bonchev–Trinajstić information content (AvgIpc) is 2.56. The molecule has 0 saturated carbocycles. The Morgan fingerprint density at radius 3 is 2.77 bits per heavy atom. The van der Waals surface area contributed by atoms with Gasteiger partial charge in [-0.2, -0.15) is 0 Å². The van der Waals surface area contributed by atoms with Crippen molar-refractivity contribution in [3.63, 3.8) is 0 Å². The number of pyridine rings is 1. The number of nitrogens with two attached hydrogens (primary N) is 1. The SMILES string of the molecule is Cc1nc(N)ccc1-c1ccc[nH]1. The van der Waals surface area contributed by atoms with E-state index in [9.17, 15) is 0 Å². The minimum absolute atomic E-state index is 0.563. The zero-order valence-corrected chi connectivity index (χ0v) is 7.41. The van der Waals surface area contributed by atoms with E-state index >= 15 is 0 Å². The number of anilines is 1. The van der Waals surface area contributed by atoms with E-state index in [1.54, 1.807) is 0 Å². The lowest BCUT2D eigenvalue weighted by molar-refractivity contribution is 1.20. The summed E-state index contributed by atoms with van der Waals surface area (Å²) in [6, 6.07) is 7.76. The van der Waals surface area contributed by atoms with Crippen molar-refractivity contribution in [2.45, 2.75) is 6.92 Å². The van der Waals surface area contributed by atoms with Gasteiger partial charge in [0.2, 0.25) is 0 Å². The number of hydrogen-bond donors (Lipinski definition) is 2. The monoisotopic (exact) mass is 173 g/mol. The van der Waals surface area contributed by atoms with Gasteiger partial charge in [-0.15, -0.1) is 0 Å². The molecule has 66 valence electrons. The van der Waals surface area contributed by atoms with Crippen molar-refractivity contribution in [3.05, 3.63) is 36.2 Å². The predicted molar refractivity (Wildman–Crippen MR) is 53.2 cm³/mol. The van der Waals surface area contributed by atoms with Crippen LogP contribution in [-0.2, 0) is 0 Å². The van der Waals surface area contributed by atoms with Crippen molar-refractivity contribution in [1.29, 1.82) is 0 Å². The molecule has 2 rings (SSSR count). The third kappa shape index (κ3) is 1.40. The maximum Gasteiger partial charge on any atom is 0.123 e. The normalized spacial score (nSPS) is 10.2. The molecular formula is C10H11N3. The van der Waals surface area contributed by atoms with Crippen molar-refractivity contribution in [1.82, 2.24) is 9.97 Å². The molecule has 2 aromatic rings. The standard InChI is InChI=1S/C10H11N3/c1-7-8(4-5-10(11)13-7)9-3-2-6-12-9/h2-6,12H,1H3,(H2,11,13). The first kappa shape index (κ1) is 7.86. The van der Waals surface area contributed by atoms with Crippen LogP contribution in [0.3, 0.4) is 0 Å². The second-order valence-corrected chi connectivity index (χ2v) is 2.95. The van der Waals surface area contributed by atoms with Crippen LogP contribution < -0.4 is 5.73 Å². The molecular weight excluding hydrogens is 162 g/mol. The molecule has 3 N–H and O–H groups in total. The lowest BCUT2D eigenvalue weighted by Crippen LogP contribution is -1.93. The van der Waals surface area contributed by atoms with Gasteiger partial charge in [-0.1, -0.05) is 0 Å². The van der Waals surface area contributed by atoms with Crippen LogP contribution >= 0.6 is 0 Å². The molecule has 0 aliphatic carbocycles. The van der Waals surface area contributed by atoms with E-state index in [1.807, 2.05) is 37.4 Å². The Bertz CT molecular complexity index is 404. The Hall–Kier alpha value is -1.77. The molecule has 0 saturated heterocycles.